The van der Waals surface area contributed by atoms with Crippen LogP contribution in [0.3, 0.4) is 0 Å². The Morgan fingerprint density at radius 2 is 1.79 bits per heavy atom. The summed E-state index contributed by atoms with van der Waals surface area (Å²) in [5, 5.41) is 0.743. The van der Waals surface area contributed by atoms with E-state index in [1.165, 1.54) is 9.80 Å². The van der Waals surface area contributed by atoms with E-state index in [0.717, 1.165) is 0 Å². The van der Waals surface area contributed by atoms with Gasteiger partial charge in [-0.25, -0.2) is 4.98 Å². The van der Waals surface area contributed by atoms with Crippen molar-refractivity contribution in [2.45, 2.75) is 13.5 Å². The zero-order chi connectivity index (χ0) is 14.0. The van der Waals surface area contributed by atoms with Crippen LogP contribution < -0.4 is 0 Å². The molecule has 1 aromatic heterocycles. The van der Waals surface area contributed by atoms with Crippen molar-refractivity contribution in [3.63, 3.8) is 0 Å². The highest BCUT2D eigenvalue weighted by Gasteiger charge is 2.31. The number of halogens is 2. The Hall–Kier alpha value is -1.33. The van der Waals surface area contributed by atoms with Crippen LogP contribution in [0.5, 0.6) is 0 Å². The molecule has 5 nitrogen and oxygen atoms in total. The third-order valence-electron chi connectivity index (χ3n) is 3.00. The van der Waals surface area contributed by atoms with E-state index in [1.807, 2.05) is 6.92 Å². The van der Waals surface area contributed by atoms with Gasteiger partial charge in [0, 0.05) is 19.6 Å². The number of pyridine rings is 1. The van der Waals surface area contributed by atoms with Gasteiger partial charge in [-0.2, -0.15) is 0 Å². The van der Waals surface area contributed by atoms with Crippen molar-refractivity contribution >= 4 is 35.0 Å². The fourth-order valence-corrected chi connectivity index (χ4v) is 2.25. The fraction of sp³-hybridized carbons (Fsp3) is 0.417. The summed E-state index contributed by atoms with van der Waals surface area (Å²) in [6, 6.07) is 3.20. The third kappa shape index (κ3) is 2.98. The quantitative estimate of drug-likeness (QED) is 0.629. The van der Waals surface area contributed by atoms with Gasteiger partial charge < -0.3 is 9.80 Å². The highest BCUT2D eigenvalue weighted by Crippen LogP contribution is 2.19. The number of hydrogen-bond acceptors (Lipinski definition) is 3. The van der Waals surface area contributed by atoms with E-state index in [0.29, 0.717) is 35.5 Å². The van der Waals surface area contributed by atoms with Gasteiger partial charge in [0.1, 0.15) is 5.15 Å². The lowest BCUT2D eigenvalue weighted by Gasteiger charge is -2.33. The van der Waals surface area contributed by atoms with Crippen LogP contribution >= 0.6 is 23.2 Å². The summed E-state index contributed by atoms with van der Waals surface area (Å²) in [5.41, 5.74) is 0.500. The van der Waals surface area contributed by atoms with Crippen LogP contribution in [0.1, 0.15) is 12.6 Å². The molecule has 0 aliphatic carbocycles. The van der Waals surface area contributed by atoms with Crippen LogP contribution in [0, 0.1) is 0 Å². The molecule has 7 heteroatoms. The molecule has 0 bridgehead atoms. The normalized spacial score (nSPS) is 16.2. The molecule has 1 saturated heterocycles. The predicted molar refractivity (Wildman–Crippen MR) is 71.9 cm³/mol. The monoisotopic (exact) mass is 301 g/mol. The minimum absolute atomic E-state index is 0.196. The Labute approximate surface area is 121 Å². The van der Waals surface area contributed by atoms with Crippen LogP contribution in [0.25, 0.3) is 0 Å². The number of carbonyl (C=O) groups excluding carboxylic acids is 2. The van der Waals surface area contributed by atoms with E-state index in [-0.39, 0.29) is 6.54 Å². The smallest absolute Gasteiger partial charge is 0.312 e. The molecule has 1 fully saturated rings. The molecule has 0 atom stereocenters. The van der Waals surface area contributed by atoms with Crippen molar-refractivity contribution in [3.8, 4) is 0 Å². The summed E-state index contributed by atoms with van der Waals surface area (Å²) < 4.78 is 0. The molecule has 2 heterocycles. The van der Waals surface area contributed by atoms with Crippen molar-refractivity contribution in [2.75, 3.05) is 19.6 Å². The van der Waals surface area contributed by atoms with Gasteiger partial charge in [-0.05, 0) is 19.1 Å². The fourth-order valence-electron chi connectivity index (χ4n) is 1.92. The average Bonchev–Trinajstić information content (AvgIpc) is 2.39. The van der Waals surface area contributed by atoms with Crippen molar-refractivity contribution < 1.29 is 9.59 Å². The maximum Gasteiger partial charge on any atom is 0.312 e. The lowest BCUT2D eigenvalue weighted by molar-refractivity contribution is -0.156. The number of likely N-dealkylation sites (N-methyl/N-ethyl adjacent to an activating group) is 1. The second kappa shape index (κ2) is 5.75. The van der Waals surface area contributed by atoms with Gasteiger partial charge in [-0.1, -0.05) is 23.2 Å². The van der Waals surface area contributed by atoms with E-state index in [4.69, 9.17) is 23.2 Å². The minimum Gasteiger partial charge on any atom is -0.333 e. The molecule has 0 N–H and O–H groups in total. The van der Waals surface area contributed by atoms with Crippen molar-refractivity contribution in [3.05, 3.63) is 28.0 Å². The van der Waals surface area contributed by atoms with Gasteiger partial charge in [0.25, 0.3) is 0 Å². The molecular weight excluding hydrogens is 289 g/mol. The largest absolute Gasteiger partial charge is 0.333 e. The summed E-state index contributed by atoms with van der Waals surface area (Å²) >= 11 is 11.8. The first-order chi connectivity index (χ1) is 9.02. The zero-order valence-electron chi connectivity index (χ0n) is 10.4. The molecule has 1 aliphatic heterocycles. The highest BCUT2D eigenvalue weighted by atomic mass is 35.5. The number of carbonyl (C=O) groups is 2. The minimum atomic E-state index is -0.522. The number of aromatic nitrogens is 1. The number of hydrogen-bond donors (Lipinski definition) is 0. The molecule has 2 amide bonds. The number of piperazine rings is 1. The molecule has 2 rings (SSSR count). The molecule has 0 unspecified atom stereocenters. The van der Waals surface area contributed by atoms with E-state index >= 15 is 0 Å². The number of nitrogens with zero attached hydrogens (tertiary/aromatic N) is 3. The Morgan fingerprint density at radius 1 is 1.16 bits per heavy atom. The van der Waals surface area contributed by atoms with E-state index < -0.39 is 11.8 Å². The molecule has 0 spiro atoms. The van der Waals surface area contributed by atoms with Crippen molar-refractivity contribution in [1.82, 2.24) is 14.8 Å². The maximum absolute atomic E-state index is 11.9. The maximum atomic E-state index is 11.9. The topological polar surface area (TPSA) is 53.5 Å². The molecule has 0 aromatic carbocycles. The van der Waals surface area contributed by atoms with Crippen LogP contribution in [0.4, 0.5) is 0 Å². The SMILES string of the molecule is CCN1CCN(Cc2nc(Cl)ccc2Cl)C(=O)C1=O. The Kier molecular flexibility index (Phi) is 4.27. The molecule has 1 aliphatic rings. The van der Waals surface area contributed by atoms with Crippen LogP contribution in [0.2, 0.25) is 10.2 Å². The van der Waals surface area contributed by atoms with E-state index in [2.05, 4.69) is 4.98 Å². The zero-order valence-corrected chi connectivity index (χ0v) is 11.9. The third-order valence-corrected chi connectivity index (χ3v) is 3.56. The Bertz CT molecular complexity index is 522. The summed E-state index contributed by atoms with van der Waals surface area (Å²) in [4.78, 5) is 30.7. The molecule has 0 saturated carbocycles. The summed E-state index contributed by atoms with van der Waals surface area (Å²) in [6.45, 7) is 3.58. The van der Waals surface area contributed by atoms with Gasteiger partial charge in [0.05, 0.1) is 17.3 Å². The molecular formula is C12H13Cl2N3O2. The van der Waals surface area contributed by atoms with Crippen LogP contribution in [-0.4, -0.2) is 46.2 Å². The predicted octanol–water partition coefficient (Wildman–Crippen LogP) is 1.58. The lowest BCUT2D eigenvalue weighted by Crippen LogP contribution is -2.53. The van der Waals surface area contributed by atoms with Crippen molar-refractivity contribution in [1.29, 1.82) is 0 Å². The van der Waals surface area contributed by atoms with E-state index in [1.54, 1.807) is 12.1 Å². The molecule has 102 valence electrons. The first-order valence-electron chi connectivity index (χ1n) is 5.92. The molecule has 0 radical (unpaired) electrons. The second-order valence-electron chi connectivity index (χ2n) is 4.17. The first-order valence-corrected chi connectivity index (χ1v) is 6.67. The summed E-state index contributed by atoms with van der Waals surface area (Å²) in [7, 11) is 0. The van der Waals surface area contributed by atoms with Crippen LogP contribution in [0.15, 0.2) is 12.1 Å². The van der Waals surface area contributed by atoms with Gasteiger partial charge in [0.15, 0.2) is 0 Å². The number of amides is 2. The van der Waals surface area contributed by atoms with Gasteiger partial charge >= 0.3 is 11.8 Å². The van der Waals surface area contributed by atoms with Gasteiger partial charge in [0.2, 0.25) is 0 Å². The first kappa shape index (κ1) is 14.1. The number of rotatable bonds is 3. The Morgan fingerprint density at radius 3 is 2.47 bits per heavy atom. The second-order valence-corrected chi connectivity index (χ2v) is 4.97. The van der Waals surface area contributed by atoms with Crippen LogP contribution in [-0.2, 0) is 16.1 Å². The average molecular weight is 302 g/mol. The lowest BCUT2D eigenvalue weighted by atomic mass is 10.2. The van der Waals surface area contributed by atoms with Gasteiger partial charge in [-0.15, -0.1) is 0 Å². The standard InChI is InChI=1S/C12H13Cl2N3O2/c1-2-16-5-6-17(12(19)11(16)18)7-9-8(13)3-4-10(14)15-9/h3-4H,2,5-7H2,1H3. The van der Waals surface area contributed by atoms with Gasteiger partial charge in [-0.3, -0.25) is 9.59 Å². The molecule has 19 heavy (non-hydrogen) atoms. The summed E-state index contributed by atoms with van der Waals surface area (Å²) in [6.07, 6.45) is 0. The van der Waals surface area contributed by atoms with Crippen molar-refractivity contribution in [2.24, 2.45) is 0 Å². The Balaban J connectivity index is 2.14. The summed E-state index contributed by atoms with van der Waals surface area (Å²) in [5.74, 6) is -1.00. The molecule has 1 aromatic rings. The highest BCUT2D eigenvalue weighted by molar-refractivity contribution is 6.35. The van der Waals surface area contributed by atoms with E-state index in [9.17, 15) is 9.59 Å².